The SMILES string of the molecule is CC(C)(Oc1ccc(CCCn2ccnc2C(=O)c2ccc(C(F)(F)F)cc2)cc1)C(=O)O. The van der Waals surface area contributed by atoms with Crippen LogP contribution in [0, 0.1) is 0 Å². The third-order valence-electron chi connectivity index (χ3n) is 5.07. The number of carboxylic acid groups (broad SMARTS) is 1. The van der Waals surface area contributed by atoms with Gasteiger partial charge in [0.2, 0.25) is 5.78 Å². The molecule has 33 heavy (non-hydrogen) atoms. The second-order valence-corrected chi connectivity index (χ2v) is 8.01. The predicted molar refractivity (Wildman–Crippen MR) is 114 cm³/mol. The lowest BCUT2D eigenvalue weighted by molar-refractivity contribution is -0.152. The van der Waals surface area contributed by atoms with Crippen molar-refractivity contribution in [1.29, 1.82) is 0 Å². The van der Waals surface area contributed by atoms with Crippen molar-refractivity contribution in [2.24, 2.45) is 0 Å². The van der Waals surface area contributed by atoms with Gasteiger partial charge in [0.25, 0.3) is 0 Å². The Labute approximate surface area is 188 Å². The summed E-state index contributed by atoms with van der Waals surface area (Å²) >= 11 is 0. The lowest BCUT2D eigenvalue weighted by atomic mass is 10.1. The number of rotatable bonds is 9. The van der Waals surface area contributed by atoms with E-state index in [2.05, 4.69) is 4.98 Å². The van der Waals surface area contributed by atoms with Gasteiger partial charge >= 0.3 is 12.1 Å². The van der Waals surface area contributed by atoms with E-state index < -0.39 is 29.1 Å². The zero-order valence-corrected chi connectivity index (χ0v) is 18.1. The number of carboxylic acids is 1. The summed E-state index contributed by atoms with van der Waals surface area (Å²) in [5, 5.41) is 9.14. The summed E-state index contributed by atoms with van der Waals surface area (Å²) in [7, 11) is 0. The zero-order valence-electron chi connectivity index (χ0n) is 18.1. The summed E-state index contributed by atoms with van der Waals surface area (Å²) in [6.45, 7) is 3.43. The highest BCUT2D eigenvalue weighted by molar-refractivity contribution is 6.06. The fourth-order valence-electron chi connectivity index (χ4n) is 3.15. The van der Waals surface area contributed by atoms with Gasteiger partial charge in [-0.25, -0.2) is 9.78 Å². The third kappa shape index (κ3) is 6.00. The van der Waals surface area contributed by atoms with Crippen molar-refractivity contribution in [3.63, 3.8) is 0 Å². The molecule has 0 fully saturated rings. The molecule has 174 valence electrons. The van der Waals surface area contributed by atoms with Gasteiger partial charge in [0.15, 0.2) is 11.4 Å². The Kier molecular flexibility index (Phi) is 6.90. The molecule has 0 unspecified atom stereocenters. The van der Waals surface area contributed by atoms with Crippen molar-refractivity contribution in [3.8, 4) is 5.75 Å². The molecule has 1 heterocycles. The molecule has 9 heteroatoms. The summed E-state index contributed by atoms with van der Waals surface area (Å²) in [5.74, 6) is -0.899. The molecule has 1 N–H and O–H groups in total. The van der Waals surface area contributed by atoms with Crippen molar-refractivity contribution in [3.05, 3.63) is 83.4 Å². The Bertz CT molecular complexity index is 1120. The molecule has 6 nitrogen and oxygen atoms in total. The summed E-state index contributed by atoms with van der Waals surface area (Å²) in [6, 6.07) is 11.2. The molecule has 0 spiro atoms. The fourth-order valence-corrected chi connectivity index (χ4v) is 3.15. The largest absolute Gasteiger partial charge is 0.478 e. The average molecular weight is 460 g/mol. The predicted octanol–water partition coefficient (Wildman–Crippen LogP) is 5.01. The van der Waals surface area contributed by atoms with Crippen LogP contribution in [0.5, 0.6) is 5.75 Å². The van der Waals surface area contributed by atoms with E-state index in [0.717, 1.165) is 29.8 Å². The van der Waals surface area contributed by atoms with Crippen molar-refractivity contribution >= 4 is 11.8 Å². The van der Waals surface area contributed by atoms with E-state index in [-0.39, 0.29) is 11.4 Å². The number of hydrogen-bond donors (Lipinski definition) is 1. The summed E-state index contributed by atoms with van der Waals surface area (Å²) in [6.07, 6.45) is 0.0475. The van der Waals surface area contributed by atoms with Crippen LogP contribution in [0.1, 0.15) is 47.6 Å². The summed E-state index contributed by atoms with van der Waals surface area (Å²) < 4.78 is 45.3. The highest BCUT2D eigenvalue weighted by atomic mass is 19.4. The van der Waals surface area contributed by atoms with Crippen LogP contribution in [0.25, 0.3) is 0 Å². The van der Waals surface area contributed by atoms with E-state index in [0.29, 0.717) is 25.1 Å². The van der Waals surface area contributed by atoms with Gasteiger partial charge in [-0.15, -0.1) is 0 Å². The fraction of sp³-hybridized carbons (Fsp3) is 0.292. The molecular weight excluding hydrogens is 437 g/mol. The number of aryl methyl sites for hydroxylation is 2. The van der Waals surface area contributed by atoms with Crippen molar-refractivity contribution in [2.75, 3.05) is 0 Å². The number of nitrogens with zero attached hydrogens (tertiary/aromatic N) is 2. The van der Waals surface area contributed by atoms with Gasteiger partial charge in [0.1, 0.15) is 5.75 Å². The second-order valence-electron chi connectivity index (χ2n) is 8.01. The molecule has 0 atom stereocenters. The lowest BCUT2D eigenvalue weighted by Gasteiger charge is -2.21. The Morgan fingerprint density at radius 2 is 1.67 bits per heavy atom. The van der Waals surface area contributed by atoms with Crippen LogP contribution in [-0.4, -0.2) is 32.0 Å². The molecule has 3 rings (SSSR count). The molecule has 0 aliphatic rings. The molecule has 1 aromatic heterocycles. The maximum Gasteiger partial charge on any atom is 0.416 e. The van der Waals surface area contributed by atoms with Gasteiger partial charge in [-0.1, -0.05) is 24.3 Å². The normalized spacial score (nSPS) is 11.9. The zero-order chi connectivity index (χ0) is 24.2. The van der Waals surface area contributed by atoms with Gasteiger partial charge in [-0.3, -0.25) is 4.79 Å². The standard InChI is InChI=1S/C24H23F3N2O4/c1-23(2,22(31)32)33-19-11-5-16(6-12-19)4-3-14-29-15-13-28-21(29)20(30)17-7-9-18(10-8-17)24(25,26)27/h5-13,15H,3-4,14H2,1-2H3,(H,31,32). The number of aromatic nitrogens is 2. The first-order valence-corrected chi connectivity index (χ1v) is 10.2. The molecule has 2 aromatic carbocycles. The van der Waals surface area contributed by atoms with Crippen LogP contribution < -0.4 is 4.74 Å². The Hall–Kier alpha value is -3.62. The van der Waals surface area contributed by atoms with Gasteiger partial charge in [-0.2, -0.15) is 13.2 Å². The molecule has 0 bridgehead atoms. The van der Waals surface area contributed by atoms with E-state index in [1.165, 1.54) is 20.0 Å². The first-order valence-electron chi connectivity index (χ1n) is 10.2. The second kappa shape index (κ2) is 9.48. The quantitative estimate of drug-likeness (QED) is 0.454. The van der Waals surface area contributed by atoms with Crippen molar-refractivity contribution in [2.45, 2.75) is 45.0 Å². The van der Waals surface area contributed by atoms with Crippen LogP contribution in [0.2, 0.25) is 0 Å². The van der Waals surface area contributed by atoms with E-state index in [1.807, 2.05) is 12.1 Å². The van der Waals surface area contributed by atoms with Crippen LogP contribution in [-0.2, 0) is 23.9 Å². The van der Waals surface area contributed by atoms with Crippen LogP contribution in [0.15, 0.2) is 60.9 Å². The van der Waals surface area contributed by atoms with E-state index in [4.69, 9.17) is 9.84 Å². The molecular formula is C24H23F3N2O4. The molecule has 0 saturated carbocycles. The number of aliphatic carboxylic acids is 1. The molecule has 0 aliphatic carbocycles. The number of alkyl halides is 3. The highest BCUT2D eigenvalue weighted by Gasteiger charge is 2.31. The number of ether oxygens (including phenoxy) is 1. The van der Waals surface area contributed by atoms with Gasteiger partial charge in [0.05, 0.1) is 5.56 Å². The molecule has 0 saturated heterocycles. The minimum atomic E-state index is -4.46. The summed E-state index contributed by atoms with van der Waals surface area (Å²) in [5.41, 5.74) is -1.01. The van der Waals surface area contributed by atoms with Gasteiger partial charge in [0, 0.05) is 24.5 Å². The van der Waals surface area contributed by atoms with Crippen molar-refractivity contribution < 1.29 is 32.6 Å². The first kappa shape index (κ1) is 24.0. The topological polar surface area (TPSA) is 81.4 Å². The van der Waals surface area contributed by atoms with Crippen LogP contribution >= 0.6 is 0 Å². The van der Waals surface area contributed by atoms with E-state index in [1.54, 1.807) is 22.9 Å². The number of benzene rings is 2. The first-order chi connectivity index (χ1) is 15.5. The Balaban J connectivity index is 1.59. The maximum atomic E-state index is 12.7. The average Bonchev–Trinajstić information content (AvgIpc) is 3.22. The maximum absolute atomic E-state index is 12.7. The van der Waals surface area contributed by atoms with Crippen LogP contribution in [0.3, 0.4) is 0 Å². The number of halogens is 3. The monoisotopic (exact) mass is 460 g/mol. The number of carbonyl (C=O) groups is 2. The number of ketones is 1. The number of hydrogen-bond acceptors (Lipinski definition) is 4. The van der Waals surface area contributed by atoms with Crippen molar-refractivity contribution in [1.82, 2.24) is 9.55 Å². The van der Waals surface area contributed by atoms with Gasteiger partial charge in [-0.05, 0) is 56.5 Å². The number of imidazole rings is 1. The van der Waals surface area contributed by atoms with Crippen LogP contribution in [0.4, 0.5) is 13.2 Å². The molecule has 0 amide bonds. The molecule has 0 radical (unpaired) electrons. The van der Waals surface area contributed by atoms with E-state index >= 15 is 0 Å². The highest BCUT2D eigenvalue weighted by Crippen LogP contribution is 2.29. The lowest BCUT2D eigenvalue weighted by Crippen LogP contribution is -2.37. The molecule has 3 aromatic rings. The number of carbonyl (C=O) groups excluding carboxylic acids is 1. The Morgan fingerprint density at radius 1 is 1.03 bits per heavy atom. The smallest absolute Gasteiger partial charge is 0.416 e. The van der Waals surface area contributed by atoms with Gasteiger partial charge < -0.3 is 14.4 Å². The summed E-state index contributed by atoms with van der Waals surface area (Å²) in [4.78, 5) is 27.9. The van der Waals surface area contributed by atoms with E-state index in [9.17, 15) is 22.8 Å². The minimum Gasteiger partial charge on any atom is -0.478 e. The minimum absolute atomic E-state index is 0.135. The molecule has 0 aliphatic heterocycles. The third-order valence-corrected chi connectivity index (χ3v) is 5.07. The Morgan fingerprint density at radius 3 is 2.24 bits per heavy atom.